The Morgan fingerprint density at radius 2 is 1.94 bits per heavy atom. The molecule has 0 saturated heterocycles. The second-order valence-electron chi connectivity index (χ2n) is 5.56. The Labute approximate surface area is 109 Å². The molecule has 1 unspecified atom stereocenters. The second kappa shape index (κ2) is 6.61. The number of hydrogen-bond acceptors (Lipinski definition) is 2. The number of rotatable bonds is 7. The number of nitrogens with one attached hydrogen (secondary N) is 1. The third-order valence-corrected chi connectivity index (χ3v) is 2.97. The van der Waals surface area contributed by atoms with Crippen molar-refractivity contribution in [2.45, 2.75) is 58.5 Å². The molecule has 1 aliphatic carbocycles. The van der Waals surface area contributed by atoms with Gasteiger partial charge < -0.3 is 15.3 Å². The molecule has 0 aromatic heterocycles. The summed E-state index contributed by atoms with van der Waals surface area (Å²) in [4.78, 5) is 24.4. The molecular weight excluding hydrogens is 232 g/mol. The molecule has 1 fully saturated rings. The summed E-state index contributed by atoms with van der Waals surface area (Å²) >= 11 is 0. The molecule has 2 N–H and O–H groups in total. The largest absolute Gasteiger partial charge is 0.481 e. The Morgan fingerprint density at radius 1 is 1.33 bits per heavy atom. The van der Waals surface area contributed by atoms with Gasteiger partial charge in [0.25, 0.3) is 0 Å². The van der Waals surface area contributed by atoms with Crippen LogP contribution in [0.4, 0.5) is 4.79 Å². The predicted octanol–water partition coefficient (Wildman–Crippen LogP) is 2.07. The van der Waals surface area contributed by atoms with E-state index in [9.17, 15) is 9.59 Å². The van der Waals surface area contributed by atoms with E-state index in [0.717, 1.165) is 19.4 Å². The minimum absolute atomic E-state index is 0.0518. The molecule has 5 nitrogen and oxygen atoms in total. The first-order valence-corrected chi connectivity index (χ1v) is 6.69. The standard InChI is InChI=1S/C13H24N2O3/c1-9(2)8-15(11-5-6-11)13(18)14-10(3)4-7-12(16)17/h9-11H,4-8H2,1-3H3,(H,14,18)(H,16,17). The van der Waals surface area contributed by atoms with Gasteiger partial charge in [0.2, 0.25) is 0 Å². The van der Waals surface area contributed by atoms with Crippen molar-refractivity contribution in [3.63, 3.8) is 0 Å². The molecule has 0 aliphatic heterocycles. The number of carboxylic acids is 1. The number of carbonyl (C=O) groups excluding carboxylic acids is 1. The fraction of sp³-hybridized carbons (Fsp3) is 0.846. The average Bonchev–Trinajstić information content (AvgIpc) is 3.06. The monoisotopic (exact) mass is 256 g/mol. The molecule has 0 spiro atoms. The predicted molar refractivity (Wildman–Crippen MR) is 69.4 cm³/mol. The van der Waals surface area contributed by atoms with Gasteiger partial charge in [-0.25, -0.2) is 4.79 Å². The molecule has 1 aliphatic rings. The molecule has 0 radical (unpaired) electrons. The second-order valence-corrected chi connectivity index (χ2v) is 5.56. The van der Waals surface area contributed by atoms with Gasteiger partial charge in [-0.3, -0.25) is 4.79 Å². The van der Waals surface area contributed by atoms with E-state index in [1.807, 2.05) is 11.8 Å². The first-order chi connectivity index (χ1) is 8.40. The zero-order valence-electron chi connectivity index (χ0n) is 11.5. The fourth-order valence-corrected chi connectivity index (χ4v) is 1.88. The van der Waals surface area contributed by atoms with Crippen LogP contribution in [0.25, 0.3) is 0 Å². The van der Waals surface area contributed by atoms with Crippen molar-refractivity contribution in [2.75, 3.05) is 6.54 Å². The first kappa shape index (κ1) is 14.8. The zero-order valence-corrected chi connectivity index (χ0v) is 11.5. The van der Waals surface area contributed by atoms with Crippen LogP contribution in [-0.4, -0.2) is 40.6 Å². The van der Waals surface area contributed by atoms with Gasteiger partial charge in [-0.1, -0.05) is 13.8 Å². The van der Waals surface area contributed by atoms with E-state index in [1.54, 1.807) is 0 Å². The van der Waals surface area contributed by atoms with Gasteiger partial charge in [-0.2, -0.15) is 0 Å². The van der Waals surface area contributed by atoms with Crippen molar-refractivity contribution in [3.8, 4) is 0 Å². The van der Waals surface area contributed by atoms with Crippen molar-refractivity contribution >= 4 is 12.0 Å². The van der Waals surface area contributed by atoms with Gasteiger partial charge in [-0.05, 0) is 32.1 Å². The first-order valence-electron chi connectivity index (χ1n) is 6.69. The summed E-state index contributed by atoms with van der Waals surface area (Å²) in [6.45, 7) is 6.80. The summed E-state index contributed by atoms with van der Waals surface area (Å²) in [5.74, 6) is -0.372. The lowest BCUT2D eigenvalue weighted by atomic mass is 10.2. The topological polar surface area (TPSA) is 69.6 Å². The molecule has 1 atom stereocenters. The smallest absolute Gasteiger partial charge is 0.317 e. The SMILES string of the molecule is CC(C)CN(C(=O)NC(C)CCC(=O)O)C1CC1. The van der Waals surface area contributed by atoms with E-state index >= 15 is 0 Å². The summed E-state index contributed by atoms with van der Waals surface area (Å²) in [5, 5.41) is 11.5. The molecule has 18 heavy (non-hydrogen) atoms. The van der Waals surface area contributed by atoms with Gasteiger partial charge in [0.05, 0.1) is 0 Å². The van der Waals surface area contributed by atoms with Gasteiger partial charge in [-0.15, -0.1) is 0 Å². The maximum atomic E-state index is 12.1. The van der Waals surface area contributed by atoms with Crippen LogP contribution < -0.4 is 5.32 Å². The summed E-state index contributed by atoms with van der Waals surface area (Å²) in [6.07, 6.45) is 2.74. The Bertz CT molecular complexity index is 301. The number of amides is 2. The lowest BCUT2D eigenvalue weighted by Crippen LogP contribution is -2.46. The highest BCUT2D eigenvalue weighted by Gasteiger charge is 2.33. The van der Waals surface area contributed by atoms with Crippen LogP contribution in [0.3, 0.4) is 0 Å². The van der Waals surface area contributed by atoms with E-state index in [-0.39, 0.29) is 18.5 Å². The molecule has 104 valence electrons. The highest BCUT2D eigenvalue weighted by Crippen LogP contribution is 2.27. The zero-order chi connectivity index (χ0) is 13.7. The third-order valence-electron chi connectivity index (χ3n) is 2.97. The van der Waals surface area contributed by atoms with Crippen LogP contribution >= 0.6 is 0 Å². The van der Waals surface area contributed by atoms with E-state index in [4.69, 9.17) is 5.11 Å². The lowest BCUT2D eigenvalue weighted by molar-refractivity contribution is -0.137. The average molecular weight is 256 g/mol. The quantitative estimate of drug-likeness (QED) is 0.732. The number of nitrogens with zero attached hydrogens (tertiary/aromatic N) is 1. The van der Waals surface area contributed by atoms with Crippen LogP contribution in [0.5, 0.6) is 0 Å². The molecule has 0 aromatic rings. The molecule has 0 aromatic carbocycles. The van der Waals surface area contributed by atoms with Gasteiger partial charge in [0, 0.05) is 25.0 Å². The Hall–Kier alpha value is -1.26. The van der Waals surface area contributed by atoms with Crippen molar-refractivity contribution in [2.24, 2.45) is 5.92 Å². The van der Waals surface area contributed by atoms with Crippen molar-refractivity contribution in [1.29, 1.82) is 0 Å². The Balaban J connectivity index is 2.38. The van der Waals surface area contributed by atoms with Gasteiger partial charge in [0.15, 0.2) is 0 Å². The maximum Gasteiger partial charge on any atom is 0.317 e. The van der Waals surface area contributed by atoms with E-state index in [0.29, 0.717) is 18.4 Å². The van der Waals surface area contributed by atoms with Crippen LogP contribution in [0.15, 0.2) is 0 Å². The summed E-state index contributed by atoms with van der Waals surface area (Å²) < 4.78 is 0. The molecule has 2 amide bonds. The summed E-state index contributed by atoms with van der Waals surface area (Å²) in [6, 6.07) is 0.241. The lowest BCUT2D eigenvalue weighted by Gasteiger charge is -2.26. The number of carbonyl (C=O) groups is 2. The Kier molecular flexibility index (Phi) is 5.44. The molecule has 1 rings (SSSR count). The van der Waals surface area contributed by atoms with E-state index < -0.39 is 5.97 Å². The number of aliphatic carboxylic acids is 1. The highest BCUT2D eigenvalue weighted by molar-refractivity contribution is 5.75. The molecule has 0 bridgehead atoms. The van der Waals surface area contributed by atoms with E-state index in [2.05, 4.69) is 19.2 Å². The summed E-state index contributed by atoms with van der Waals surface area (Å²) in [5.41, 5.74) is 0. The number of urea groups is 1. The van der Waals surface area contributed by atoms with Crippen molar-refractivity contribution in [3.05, 3.63) is 0 Å². The van der Waals surface area contributed by atoms with E-state index in [1.165, 1.54) is 0 Å². The Morgan fingerprint density at radius 3 is 2.39 bits per heavy atom. The maximum absolute atomic E-state index is 12.1. The fourth-order valence-electron chi connectivity index (χ4n) is 1.88. The normalized spacial score (nSPS) is 16.4. The minimum Gasteiger partial charge on any atom is -0.481 e. The van der Waals surface area contributed by atoms with Crippen molar-refractivity contribution < 1.29 is 14.7 Å². The van der Waals surface area contributed by atoms with Crippen LogP contribution in [-0.2, 0) is 4.79 Å². The summed E-state index contributed by atoms with van der Waals surface area (Å²) in [7, 11) is 0. The number of hydrogen-bond donors (Lipinski definition) is 2. The van der Waals surface area contributed by atoms with Crippen LogP contribution in [0, 0.1) is 5.92 Å². The third kappa shape index (κ3) is 5.38. The molecule has 5 heteroatoms. The molecule has 1 saturated carbocycles. The number of carboxylic acid groups (broad SMARTS) is 1. The van der Waals surface area contributed by atoms with Crippen molar-refractivity contribution in [1.82, 2.24) is 10.2 Å². The molecular formula is C13H24N2O3. The van der Waals surface area contributed by atoms with Gasteiger partial charge in [0.1, 0.15) is 0 Å². The highest BCUT2D eigenvalue weighted by atomic mass is 16.4. The van der Waals surface area contributed by atoms with Gasteiger partial charge >= 0.3 is 12.0 Å². The molecule has 0 heterocycles. The minimum atomic E-state index is -0.822. The van der Waals surface area contributed by atoms with Crippen LogP contribution in [0.1, 0.15) is 46.5 Å². The van der Waals surface area contributed by atoms with Crippen LogP contribution in [0.2, 0.25) is 0 Å².